The van der Waals surface area contributed by atoms with Crippen molar-refractivity contribution in [2.24, 2.45) is 10.7 Å². The molecule has 0 saturated carbocycles. The monoisotopic (exact) mass is 273 g/mol. The van der Waals surface area contributed by atoms with Gasteiger partial charge in [-0.15, -0.1) is 0 Å². The molecule has 0 fully saturated rings. The van der Waals surface area contributed by atoms with Crippen LogP contribution in [0.4, 0.5) is 14.5 Å². The molecule has 1 aromatic rings. The van der Waals surface area contributed by atoms with Gasteiger partial charge in [-0.1, -0.05) is 23.9 Å². The van der Waals surface area contributed by atoms with E-state index in [1.807, 2.05) is 20.8 Å². The Morgan fingerprint density at radius 1 is 1.33 bits per heavy atom. The summed E-state index contributed by atoms with van der Waals surface area (Å²) in [6, 6.07) is 6.76. The lowest BCUT2D eigenvalue weighted by atomic mass is 10.1. The molecule has 0 aliphatic carbocycles. The van der Waals surface area contributed by atoms with Crippen LogP contribution >= 0.6 is 11.8 Å². The molecule has 0 unspecified atom stereocenters. The number of hydrogen-bond donors (Lipinski definition) is 2. The zero-order valence-corrected chi connectivity index (χ0v) is 11.4. The minimum atomic E-state index is -2.46. The van der Waals surface area contributed by atoms with Gasteiger partial charge in [-0.25, -0.2) is 4.99 Å². The number of alkyl halides is 2. The number of nitrogens with one attached hydrogen (secondary N) is 1. The standard InChI is InChI=1S/C12H17F2N3S/c1-12(2,3)17-11(15)16-8-6-4-5-7-9(8)18-10(13)14/h4-7,10H,1-3H3,(H3,15,16,17). The van der Waals surface area contributed by atoms with Crippen molar-refractivity contribution in [2.45, 2.75) is 37.0 Å². The number of hydrogen-bond acceptors (Lipinski definition) is 2. The van der Waals surface area contributed by atoms with E-state index in [2.05, 4.69) is 10.3 Å². The largest absolute Gasteiger partial charge is 0.370 e. The van der Waals surface area contributed by atoms with Crippen LogP contribution in [0.25, 0.3) is 0 Å². The molecule has 0 heterocycles. The SMILES string of the molecule is CC(C)(C)N=C(N)Nc1ccccc1SC(F)F. The molecule has 0 aliphatic rings. The molecule has 1 rings (SSSR count). The normalized spacial score (nSPS) is 12.9. The van der Waals surface area contributed by atoms with E-state index < -0.39 is 5.76 Å². The highest BCUT2D eigenvalue weighted by Crippen LogP contribution is 2.31. The van der Waals surface area contributed by atoms with Crippen molar-refractivity contribution in [3.63, 3.8) is 0 Å². The summed E-state index contributed by atoms with van der Waals surface area (Å²) in [5.74, 6) is -2.25. The third kappa shape index (κ3) is 5.35. The van der Waals surface area contributed by atoms with Gasteiger partial charge < -0.3 is 11.1 Å². The van der Waals surface area contributed by atoms with E-state index in [4.69, 9.17) is 5.73 Å². The van der Waals surface area contributed by atoms with E-state index in [-0.39, 0.29) is 11.5 Å². The van der Waals surface area contributed by atoms with Crippen LogP contribution in [0.15, 0.2) is 34.2 Å². The van der Waals surface area contributed by atoms with E-state index >= 15 is 0 Å². The maximum atomic E-state index is 12.4. The number of thioether (sulfide) groups is 1. The first-order chi connectivity index (χ1) is 8.28. The van der Waals surface area contributed by atoms with E-state index in [1.54, 1.807) is 24.3 Å². The number of halogens is 2. The van der Waals surface area contributed by atoms with Gasteiger partial charge in [0.25, 0.3) is 5.76 Å². The maximum absolute atomic E-state index is 12.4. The Morgan fingerprint density at radius 2 is 1.94 bits per heavy atom. The molecule has 0 bridgehead atoms. The highest BCUT2D eigenvalue weighted by atomic mass is 32.2. The Morgan fingerprint density at radius 3 is 2.50 bits per heavy atom. The van der Waals surface area contributed by atoms with E-state index in [9.17, 15) is 8.78 Å². The number of nitrogens with two attached hydrogens (primary N) is 1. The number of nitrogens with zero attached hydrogens (tertiary/aromatic N) is 1. The molecule has 1 aromatic carbocycles. The Balaban J connectivity index is 2.87. The molecule has 18 heavy (non-hydrogen) atoms. The quantitative estimate of drug-likeness (QED) is 0.503. The third-order valence-electron chi connectivity index (χ3n) is 1.82. The fourth-order valence-electron chi connectivity index (χ4n) is 1.30. The number of para-hydroxylation sites is 1. The number of benzene rings is 1. The van der Waals surface area contributed by atoms with Gasteiger partial charge in [0.15, 0.2) is 5.96 Å². The molecule has 6 heteroatoms. The minimum absolute atomic E-state index is 0.213. The molecular weight excluding hydrogens is 256 g/mol. The summed E-state index contributed by atoms with van der Waals surface area (Å²) in [5.41, 5.74) is 5.95. The molecule has 0 spiro atoms. The van der Waals surface area contributed by atoms with Crippen LogP contribution in [-0.4, -0.2) is 17.3 Å². The van der Waals surface area contributed by atoms with Crippen LogP contribution in [0, 0.1) is 0 Å². The summed E-state index contributed by atoms with van der Waals surface area (Å²) in [6.45, 7) is 5.71. The molecule has 0 saturated heterocycles. The van der Waals surface area contributed by atoms with Crippen LogP contribution in [0.3, 0.4) is 0 Å². The van der Waals surface area contributed by atoms with Gasteiger partial charge in [-0.3, -0.25) is 0 Å². The van der Waals surface area contributed by atoms with E-state index in [0.29, 0.717) is 22.3 Å². The molecule has 0 atom stereocenters. The summed E-state index contributed by atoms with van der Waals surface area (Å²) in [4.78, 5) is 4.66. The molecular formula is C12H17F2N3S. The fraction of sp³-hybridized carbons (Fsp3) is 0.417. The highest BCUT2D eigenvalue weighted by Gasteiger charge is 2.12. The first kappa shape index (κ1) is 14.8. The van der Waals surface area contributed by atoms with Gasteiger partial charge in [0.2, 0.25) is 0 Å². The first-order valence-corrected chi connectivity index (χ1v) is 6.32. The van der Waals surface area contributed by atoms with Crippen molar-refractivity contribution < 1.29 is 8.78 Å². The smallest absolute Gasteiger partial charge is 0.288 e. The van der Waals surface area contributed by atoms with Crippen molar-refractivity contribution in [1.29, 1.82) is 0 Å². The summed E-state index contributed by atoms with van der Waals surface area (Å²) < 4.78 is 24.8. The molecule has 0 amide bonds. The van der Waals surface area contributed by atoms with Gasteiger partial charge >= 0.3 is 0 Å². The third-order valence-corrected chi connectivity index (χ3v) is 2.61. The summed E-state index contributed by atoms with van der Waals surface area (Å²) in [5, 5.41) is 2.85. The Labute approximate surface area is 110 Å². The van der Waals surface area contributed by atoms with Crippen LogP contribution < -0.4 is 11.1 Å². The van der Waals surface area contributed by atoms with Crippen molar-refractivity contribution in [1.82, 2.24) is 0 Å². The summed E-state index contributed by atoms with van der Waals surface area (Å²) in [7, 11) is 0. The number of rotatable bonds is 3. The lowest BCUT2D eigenvalue weighted by Crippen LogP contribution is -2.27. The average molecular weight is 273 g/mol. The van der Waals surface area contributed by atoms with Crippen molar-refractivity contribution in [3.05, 3.63) is 24.3 Å². The second-order valence-corrected chi connectivity index (χ2v) is 5.70. The second kappa shape index (κ2) is 6.04. The van der Waals surface area contributed by atoms with E-state index in [0.717, 1.165) is 0 Å². The minimum Gasteiger partial charge on any atom is -0.370 e. The zero-order valence-electron chi connectivity index (χ0n) is 10.6. The number of anilines is 1. The van der Waals surface area contributed by atoms with Crippen LogP contribution in [-0.2, 0) is 0 Å². The van der Waals surface area contributed by atoms with E-state index in [1.165, 1.54) is 0 Å². The van der Waals surface area contributed by atoms with Gasteiger partial charge in [-0.2, -0.15) is 8.78 Å². The number of guanidine groups is 1. The molecule has 0 radical (unpaired) electrons. The van der Waals surface area contributed by atoms with Crippen LogP contribution in [0.5, 0.6) is 0 Å². The Kier molecular flexibility index (Phi) is 4.95. The molecule has 0 aliphatic heterocycles. The van der Waals surface area contributed by atoms with Crippen LogP contribution in [0.1, 0.15) is 20.8 Å². The van der Waals surface area contributed by atoms with Gasteiger partial charge in [0, 0.05) is 4.90 Å². The lowest BCUT2D eigenvalue weighted by molar-refractivity contribution is 0.252. The van der Waals surface area contributed by atoms with Crippen molar-refractivity contribution >= 4 is 23.4 Å². The summed E-state index contributed by atoms with van der Waals surface area (Å²) >= 11 is 0.479. The highest BCUT2D eigenvalue weighted by molar-refractivity contribution is 7.99. The molecule has 0 aromatic heterocycles. The lowest BCUT2D eigenvalue weighted by Gasteiger charge is -2.16. The fourth-order valence-corrected chi connectivity index (χ4v) is 1.89. The topological polar surface area (TPSA) is 50.4 Å². The predicted octanol–water partition coefficient (Wildman–Crippen LogP) is 3.53. The van der Waals surface area contributed by atoms with Crippen LogP contribution in [0.2, 0.25) is 0 Å². The molecule has 3 nitrogen and oxygen atoms in total. The maximum Gasteiger partial charge on any atom is 0.288 e. The van der Waals surface area contributed by atoms with Gasteiger partial charge in [0.1, 0.15) is 0 Å². The van der Waals surface area contributed by atoms with Gasteiger partial charge in [0.05, 0.1) is 11.2 Å². The molecule has 3 N–H and O–H groups in total. The second-order valence-electron chi connectivity index (χ2n) is 4.67. The molecule has 100 valence electrons. The number of aliphatic imine (C=N–C) groups is 1. The summed E-state index contributed by atoms with van der Waals surface area (Å²) in [6.07, 6.45) is 0. The Bertz CT molecular complexity index is 428. The predicted molar refractivity (Wildman–Crippen MR) is 73.3 cm³/mol. The average Bonchev–Trinajstić information content (AvgIpc) is 2.17. The van der Waals surface area contributed by atoms with Crippen molar-refractivity contribution in [2.75, 3.05) is 5.32 Å². The Hall–Kier alpha value is -1.30. The zero-order chi connectivity index (χ0) is 13.8. The van der Waals surface area contributed by atoms with Gasteiger partial charge in [-0.05, 0) is 32.9 Å². The van der Waals surface area contributed by atoms with Crippen molar-refractivity contribution in [3.8, 4) is 0 Å². The first-order valence-electron chi connectivity index (χ1n) is 5.44.